The molecule has 0 bridgehead atoms. The largest absolute Gasteiger partial charge is 0.454 e. The molecule has 0 amide bonds. The molecule has 1 aromatic carbocycles. The van der Waals surface area contributed by atoms with E-state index in [0.717, 1.165) is 18.4 Å². The second-order valence-corrected chi connectivity index (χ2v) is 4.27. The lowest BCUT2D eigenvalue weighted by atomic mass is 9.88. The van der Waals surface area contributed by atoms with Crippen molar-refractivity contribution in [3.8, 4) is 0 Å². The molecule has 2 rings (SSSR count). The molecule has 1 heterocycles. The molecule has 80 valence electrons. The van der Waals surface area contributed by atoms with Gasteiger partial charge < -0.3 is 4.74 Å². The lowest BCUT2D eigenvalue weighted by Crippen LogP contribution is -2.24. The molecule has 15 heavy (non-hydrogen) atoms. The van der Waals surface area contributed by atoms with Crippen molar-refractivity contribution in [1.82, 2.24) is 0 Å². The molecule has 1 aliphatic heterocycles. The topological polar surface area (TPSA) is 26.3 Å². The first-order valence-electron chi connectivity index (χ1n) is 5.14. The van der Waals surface area contributed by atoms with E-state index in [1.54, 1.807) is 0 Å². The van der Waals surface area contributed by atoms with Gasteiger partial charge in [-0.15, -0.1) is 0 Å². The predicted octanol–water partition coefficient (Wildman–Crippen LogP) is 3.28. The summed E-state index contributed by atoms with van der Waals surface area (Å²) in [5, 5.41) is 0.684. The van der Waals surface area contributed by atoms with Crippen LogP contribution in [-0.2, 0) is 15.1 Å². The maximum atomic E-state index is 11.2. The van der Waals surface area contributed by atoms with E-state index in [9.17, 15) is 4.79 Å². The molecule has 1 unspecified atom stereocenters. The van der Waals surface area contributed by atoms with Crippen molar-refractivity contribution >= 4 is 17.6 Å². The van der Waals surface area contributed by atoms with Crippen LogP contribution in [0.25, 0.3) is 0 Å². The fourth-order valence-electron chi connectivity index (χ4n) is 2.05. The van der Waals surface area contributed by atoms with Crippen LogP contribution in [0.4, 0.5) is 0 Å². The van der Waals surface area contributed by atoms with Gasteiger partial charge in [-0.1, -0.05) is 30.7 Å². The van der Waals surface area contributed by atoms with E-state index >= 15 is 0 Å². The molecule has 1 aromatic rings. The van der Waals surface area contributed by atoms with Crippen molar-refractivity contribution in [2.24, 2.45) is 0 Å². The highest BCUT2D eigenvalue weighted by Gasteiger charge is 2.40. The molecule has 3 heteroatoms. The molecular weight excluding hydrogens is 212 g/mol. The van der Waals surface area contributed by atoms with Gasteiger partial charge in [0.25, 0.3) is 0 Å². The highest BCUT2D eigenvalue weighted by Crippen LogP contribution is 2.40. The van der Waals surface area contributed by atoms with Gasteiger partial charge in [-0.05, 0) is 24.1 Å². The van der Waals surface area contributed by atoms with Crippen molar-refractivity contribution in [2.75, 3.05) is 0 Å². The summed E-state index contributed by atoms with van der Waals surface area (Å²) < 4.78 is 5.44. The quantitative estimate of drug-likeness (QED) is 0.721. The Morgan fingerprint density at radius 3 is 2.87 bits per heavy atom. The fourth-order valence-corrected chi connectivity index (χ4v) is 2.24. The van der Waals surface area contributed by atoms with Gasteiger partial charge in [0.1, 0.15) is 5.60 Å². The predicted molar refractivity (Wildman–Crippen MR) is 58.7 cm³/mol. The van der Waals surface area contributed by atoms with Crippen LogP contribution in [0.2, 0.25) is 5.02 Å². The molecule has 1 aliphatic rings. The lowest BCUT2D eigenvalue weighted by Gasteiger charge is -2.26. The zero-order valence-corrected chi connectivity index (χ0v) is 9.38. The highest BCUT2D eigenvalue weighted by atomic mass is 35.5. The van der Waals surface area contributed by atoms with E-state index in [-0.39, 0.29) is 5.97 Å². The molecule has 1 atom stereocenters. The van der Waals surface area contributed by atoms with E-state index in [1.165, 1.54) is 0 Å². The Morgan fingerprint density at radius 2 is 2.33 bits per heavy atom. The highest BCUT2D eigenvalue weighted by molar-refractivity contribution is 6.30. The van der Waals surface area contributed by atoms with Crippen LogP contribution in [0, 0.1) is 0 Å². The Labute approximate surface area is 94.2 Å². The SMILES string of the molecule is CCC1(c2cccc(Cl)c2)CCC(=O)O1. The minimum absolute atomic E-state index is 0.114. The Bertz CT molecular complexity index is 389. The molecule has 0 aliphatic carbocycles. The third-order valence-electron chi connectivity index (χ3n) is 2.96. The van der Waals surface area contributed by atoms with Crippen molar-refractivity contribution in [3.63, 3.8) is 0 Å². The van der Waals surface area contributed by atoms with Crippen molar-refractivity contribution in [1.29, 1.82) is 0 Å². The molecule has 0 saturated carbocycles. The first-order valence-corrected chi connectivity index (χ1v) is 5.52. The smallest absolute Gasteiger partial charge is 0.306 e. The number of carbonyl (C=O) groups is 1. The van der Waals surface area contributed by atoms with Gasteiger partial charge in [0, 0.05) is 17.9 Å². The molecule has 0 spiro atoms. The number of carbonyl (C=O) groups excluding carboxylic acids is 1. The number of esters is 1. The molecule has 0 N–H and O–H groups in total. The van der Waals surface area contributed by atoms with Crippen LogP contribution >= 0.6 is 11.6 Å². The molecule has 2 nitrogen and oxygen atoms in total. The Kier molecular flexibility index (Phi) is 2.70. The average Bonchev–Trinajstić information content (AvgIpc) is 2.61. The number of hydrogen-bond acceptors (Lipinski definition) is 2. The summed E-state index contributed by atoms with van der Waals surface area (Å²) in [5.41, 5.74) is 0.561. The average molecular weight is 225 g/mol. The normalized spacial score (nSPS) is 25.3. The van der Waals surface area contributed by atoms with Crippen molar-refractivity contribution in [2.45, 2.75) is 31.8 Å². The molecule has 0 radical (unpaired) electrons. The molecular formula is C12H13ClO2. The third kappa shape index (κ3) is 1.86. The van der Waals surface area contributed by atoms with Crippen LogP contribution in [0.15, 0.2) is 24.3 Å². The van der Waals surface area contributed by atoms with Crippen LogP contribution in [0.5, 0.6) is 0 Å². The molecule has 0 aromatic heterocycles. The van der Waals surface area contributed by atoms with E-state index in [1.807, 2.05) is 31.2 Å². The minimum Gasteiger partial charge on any atom is -0.454 e. The van der Waals surface area contributed by atoms with E-state index in [0.29, 0.717) is 11.4 Å². The van der Waals surface area contributed by atoms with Gasteiger partial charge in [0.2, 0.25) is 0 Å². The zero-order chi connectivity index (χ0) is 10.9. The van der Waals surface area contributed by atoms with Gasteiger partial charge in [-0.2, -0.15) is 0 Å². The van der Waals surface area contributed by atoms with Crippen LogP contribution in [-0.4, -0.2) is 5.97 Å². The zero-order valence-electron chi connectivity index (χ0n) is 8.63. The second kappa shape index (κ2) is 3.86. The monoisotopic (exact) mass is 224 g/mol. The van der Waals surface area contributed by atoms with E-state index in [2.05, 4.69) is 0 Å². The summed E-state index contributed by atoms with van der Waals surface area (Å²) in [6.07, 6.45) is 2.04. The number of cyclic esters (lactones) is 1. The van der Waals surface area contributed by atoms with Crippen molar-refractivity contribution < 1.29 is 9.53 Å². The van der Waals surface area contributed by atoms with E-state index in [4.69, 9.17) is 16.3 Å². The third-order valence-corrected chi connectivity index (χ3v) is 3.20. The Hall–Kier alpha value is -1.02. The summed E-state index contributed by atoms with van der Waals surface area (Å²) >= 11 is 5.94. The van der Waals surface area contributed by atoms with E-state index < -0.39 is 5.60 Å². The Balaban J connectivity index is 2.38. The van der Waals surface area contributed by atoms with Gasteiger partial charge in [-0.3, -0.25) is 4.79 Å². The number of hydrogen-bond donors (Lipinski definition) is 0. The maximum Gasteiger partial charge on any atom is 0.306 e. The number of rotatable bonds is 2. The first kappa shape index (κ1) is 10.5. The summed E-state index contributed by atoms with van der Waals surface area (Å²) in [5.74, 6) is -0.114. The Morgan fingerprint density at radius 1 is 1.53 bits per heavy atom. The van der Waals surface area contributed by atoms with Gasteiger partial charge >= 0.3 is 5.97 Å². The maximum absolute atomic E-state index is 11.2. The second-order valence-electron chi connectivity index (χ2n) is 3.83. The first-order chi connectivity index (χ1) is 7.16. The van der Waals surface area contributed by atoms with Crippen LogP contribution < -0.4 is 0 Å². The summed E-state index contributed by atoms with van der Waals surface area (Å²) in [6, 6.07) is 7.56. The van der Waals surface area contributed by atoms with Crippen LogP contribution in [0.3, 0.4) is 0 Å². The number of ether oxygens (including phenoxy) is 1. The summed E-state index contributed by atoms with van der Waals surface area (Å²) in [7, 11) is 0. The minimum atomic E-state index is -0.442. The van der Waals surface area contributed by atoms with Crippen LogP contribution in [0.1, 0.15) is 31.7 Å². The molecule has 1 saturated heterocycles. The molecule has 1 fully saturated rings. The van der Waals surface area contributed by atoms with Gasteiger partial charge in [-0.25, -0.2) is 0 Å². The van der Waals surface area contributed by atoms with Gasteiger partial charge in [0.15, 0.2) is 0 Å². The van der Waals surface area contributed by atoms with Gasteiger partial charge in [0.05, 0.1) is 0 Å². The van der Waals surface area contributed by atoms with Crippen molar-refractivity contribution in [3.05, 3.63) is 34.9 Å². The standard InChI is InChI=1S/C12H13ClO2/c1-2-12(7-6-11(14)15-12)9-4-3-5-10(13)8-9/h3-5,8H,2,6-7H2,1H3. The summed E-state index contributed by atoms with van der Waals surface area (Å²) in [6.45, 7) is 2.03. The number of halogens is 1. The summed E-state index contributed by atoms with van der Waals surface area (Å²) in [4.78, 5) is 11.2. The lowest BCUT2D eigenvalue weighted by molar-refractivity contribution is -0.149. The fraction of sp³-hybridized carbons (Fsp3) is 0.417. The number of benzene rings is 1.